The Morgan fingerprint density at radius 2 is 0.405 bits per heavy atom. The minimum absolute atomic E-state index is 0.0471. The van der Waals surface area contributed by atoms with Crippen LogP contribution in [0.1, 0.15) is 33.4 Å². The molecule has 7 rings (SSSR count). The van der Waals surface area contributed by atoms with E-state index in [-0.39, 0.29) is 38.5 Å². The standard InChI is InChI=1S/C60H72N9O12P3/c1-76-55(70)49(37-43-25-13-7-14-26-43)61-82(62-50(56(71)77-2)38-44-27-15-8-16-28-44)67-83(63-51(57(72)78-3)39-45-29-17-9-18-30-45,64-52(58(73)79-4)40-46-31-19-10-20-32-46)69-84(68-82,65-53(59(74)80-5)41-47-33-21-11-22-34-47)66-54(60(75)81-6)42-48-35-23-12-24-36-48/h7-36,49-54,61-66H,37-42H2,1-6H3. The lowest BCUT2D eigenvalue weighted by Gasteiger charge is -2.42. The van der Waals surface area contributed by atoms with E-state index in [1.54, 1.807) is 0 Å². The second-order valence-corrected chi connectivity index (χ2v) is 26.7. The number of nitrogens with one attached hydrogen (secondary N) is 6. The fourth-order valence-corrected chi connectivity index (χ4v) is 21.8. The molecule has 6 N–H and O–H groups in total. The van der Waals surface area contributed by atoms with Gasteiger partial charge in [-0.3, -0.25) is 28.8 Å². The number of rotatable bonds is 30. The molecule has 1 aliphatic rings. The van der Waals surface area contributed by atoms with Crippen molar-refractivity contribution >= 4 is 58.3 Å². The molecule has 0 bridgehead atoms. The summed E-state index contributed by atoms with van der Waals surface area (Å²) in [5.41, 5.74) is 4.05. The average molecular weight is 1200 g/mol. The zero-order valence-corrected chi connectivity index (χ0v) is 50.3. The van der Waals surface area contributed by atoms with Crippen molar-refractivity contribution in [3.05, 3.63) is 215 Å². The summed E-state index contributed by atoms with van der Waals surface area (Å²) in [6.07, 6.45) is -0.283. The molecule has 0 spiro atoms. The van der Waals surface area contributed by atoms with Crippen LogP contribution in [-0.2, 0) is 95.7 Å². The molecule has 0 aromatic heterocycles. The third-order valence-corrected chi connectivity index (χ3v) is 23.6. The molecule has 0 radical (unpaired) electrons. The molecule has 0 saturated carbocycles. The summed E-state index contributed by atoms with van der Waals surface area (Å²) >= 11 is 0. The Morgan fingerprint density at radius 3 is 0.524 bits per heavy atom. The highest BCUT2D eigenvalue weighted by atomic mass is 31.3. The maximum Gasteiger partial charge on any atom is 0.323 e. The second-order valence-electron chi connectivity index (χ2n) is 19.4. The number of carbonyl (C=O) groups is 6. The van der Waals surface area contributed by atoms with Crippen molar-refractivity contribution in [3.8, 4) is 0 Å². The highest BCUT2D eigenvalue weighted by Crippen LogP contribution is 2.72. The van der Waals surface area contributed by atoms with Crippen molar-refractivity contribution in [2.24, 2.45) is 13.5 Å². The lowest BCUT2D eigenvalue weighted by atomic mass is 10.1. The number of benzene rings is 6. The molecule has 6 aromatic rings. The fourth-order valence-electron chi connectivity index (χ4n) is 9.38. The summed E-state index contributed by atoms with van der Waals surface area (Å²) in [6, 6.07) is 46.3. The highest BCUT2D eigenvalue weighted by Gasteiger charge is 2.47. The summed E-state index contributed by atoms with van der Waals surface area (Å²) in [5, 5.41) is 21.0. The van der Waals surface area contributed by atoms with Gasteiger partial charge in [-0.1, -0.05) is 182 Å². The molecule has 6 atom stereocenters. The van der Waals surface area contributed by atoms with Gasteiger partial charge >= 0.3 is 35.8 Å². The molecule has 444 valence electrons. The first-order chi connectivity index (χ1) is 40.6. The van der Waals surface area contributed by atoms with Crippen molar-refractivity contribution < 1.29 is 57.2 Å². The molecule has 0 saturated heterocycles. The van der Waals surface area contributed by atoms with Gasteiger partial charge in [-0.15, -0.1) is 0 Å². The quantitative estimate of drug-likeness (QED) is 0.0141. The fraction of sp³-hybridized carbons (Fsp3) is 0.300. The van der Waals surface area contributed by atoms with Crippen LogP contribution in [0.15, 0.2) is 196 Å². The van der Waals surface area contributed by atoms with E-state index in [2.05, 4.69) is 30.5 Å². The molecule has 0 aliphatic carbocycles. The largest absolute Gasteiger partial charge is 0.468 e. The van der Waals surface area contributed by atoms with Crippen LogP contribution < -0.4 is 30.5 Å². The number of hydrogen-bond acceptors (Lipinski definition) is 21. The van der Waals surface area contributed by atoms with Crippen LogP contribution in [0.4, 0.5) is 0 Å². The van der Waals surface area contributed by atoms with E-state index in [1.165, 1.54) is 42.7 Å². The van der Waals surface area contributed by atoms with Gasteiger partial charge in [0, 0.05) is 0 Å². The predicted octanol–water partition coefficient (Wildman–Crippen LogP) is 8.08. The molecular weight excluding hydrogens is 1130 g/mol. The van der Waals surface area contributed by atoms with E-state index in [0.717, 1.165) is 0 Å². The van der Waals surface area contributed by atoms with Crippen LogP contribution in [0.5, 0.6) is 0 Å². The van der Waals surface area contributed by atoms with Crippen molar-refractivity contribution in [2.45, 2.75) is 74.8 Å². The lowest BCUT2D eigenvalue weighted by Crippen LogP contribution is -2.49. The minimum Gasteiger partial charge on any atom is -0.468 e. The summed E-state index contributed by atoms with van der Waals surface area (Å²) < 4.78 is 50.3. The van der Waals surface area contributed by atoms with Crippen LogP contribution in [-0.4, -0.2) is 115 Å². The van der Waals surface area contributed by atoms with Crippen LogP contribution in [0.2, 0.25) is 0 Å². The van der Waals surface area contributed by atoms with Crippen molar-refractivity contribution in [2.75, 3.05) is 42.7 Å². The summed E-state index contributed by atoms with van der Waals surface area (Å²) in [7, 11) is -6.36. The van der Waals surface area contributed by atoms with Crippen LogP contribution >= 0.6 is 22.5 Å². The SMILES string of the molecule is COC(=O)C(Cc1ccccc1)NP1(NC(Cc2ccccc2)C(=O)OC)=NP(NC(Cc2ccccc2)C(=O)OC)(NC(Cc2ccccc2)C(=O)OC)=NP(NC(Cc2ccccc2)C(=O)OC)(NC(Cc2ccccc2)C(=O)OC)=N1. The monoisotopic (exact) mass is 1200 g/mol. The zero-order chi connectivity index (χ0) is 60.0. The Labute approximate surface area is 490 Å². The van der Waals surface area contributed by atoms with E-state index >= 15 is 0 Å². The molecule has 6 unspecified atom stereocenters. The smallest absolute Gasteiger partial charge is 0.323 e. The Morgan fingerprint density at radius 1 is 0.274 bits per heavy atom. The first-order valence-corrected chi connectivity index (χ1v) is 32.0. The lowest BCUT2D eigenvalue weighted by molar-refractivity contribution is -0.143. The van der Waals surface area contributed by atoms with Gasteiger partial charge in [0.25, 0.3) is 0 Å². The van der Waals surface area contributed by atoms with Crippen molar-refractivity contribution in [1.82, 2.24) is 30.5 Å². The number of ether oxygens (including phenoxy) is 6. The Hall–Kier alpha value is -7.41. The van der Waals surface area contributed by atoms with E-state index in [4.69, 9.17) is 42.0 Å². The summed E-state index contributed by atoms with van der Waals surface area (Å²) in [6.45, 7) is 0. The van der Waals surface area contributed by atoms with Gasteiger partial charge in [-0.05, 0) is 71.9 Å². The number of methoxy groups -OCH3 is 6. The summed E-state index contributed by atoms with van der Waals surface area (Å²) in [5.74, 6) is -4.66. The molecule has 1 aliphatic heterocycles. The van der Waals surface area contributed by atoms with Gasteiger partial charge in [0.05, 0.1) is 42.7 Å². The Balaban J connectivity index is 1.70. The average Bonchev–Trinajstić information content (AvgIpc) is 0.908. The molecule has 84 heavy (non-hydrogen) atoms. The molecular formula is C60H72N9O12P3. The number of hydrogen-bond donors (Lipinski definition) is 6. The molecule has 0 amide bonds. The minimum atomic E-state index is -4.57. The highest BCUT2D eigenvalue weighted by molar-refractivity contribution is 7.83. The second kappa shape index (κ2) is 31.5. The van der Waals surface area contributed by atoms with E-state index in [1.807, 2.05) is 182 Å². The van der Waals surface area contributed by atoms with Crippen LogP contribution in [0.3, 0.4) is 0 Å². The number of nitrogens with zero attached hydrogens (tertiary/aromatic N) is 3. The molecule has 24 heteroatoms. The first kappa shape index (κ1) is 64.2. The van der Waals surface area contributed by atoms with Gasteiger partial charge in [-0.25, -0.2) is 30.5 Å². The predicted molar refractivity (Wildman–Crippen MR) is 323 cm³/mol. The van der Waals surface area contributed by atoms with Gasteiger partial charge in [0.15, 0.2) is 0 Å². The first-order valence-electron chi connectivity index (χ1n) is 26.9. The Bertz CT molecular complexity index is 2750. The molecule has 6 aromatic carbocycles. The third-order valence-electron chi connectivity index (χ3n) is 13.4. The molecule has 0 fully saturated rings. The van der Waals surface area contributed by atoms with Crippen LogP contribution in [0.25, 0.3) is 0 Å². The third kappa shape index (κ3) is 18.3. The van der Waals surface area contributed by atoms with Crippen molar-refractivity contribution in [1.29, 1.82) is 0 Å². The normalized spacial score (nSPS) is 19.4. The Kier molecular flexibility index (Phi) is 24.0. The molecule has 21 nitrogen and oxygen atoms in total. The van der Waals surface area contributed by atoms with Gasteiger partial charge < -0.3 is 28.4 Å². The zero-order valence-electron chi connectivity index (χ0n) is 47.6. The van der Waals surface area contributed by atoms with E-state index in [9.17, 15) is 28.8 Å². The van der Waals surface area contributed by atoms with Gasteiger partial charge in [-0.2, -0.15) is 13.5 Å². The maximum absolute atomic E-state index is 14.7. The van der Waals surface area contributed by atoms with Crippen LogP contribution in [0, 0.1) is 0 Å². The maximum atomic E-state index is 14.7. The van der Waals surface area contributed by atoms with Gasteiger partial charge in [0.1, 0.15) is 36.3 Å². The topological polar surface area (TPSA) is 267 Å². The van der Waals surface area contributed by atoms with E-state index in [0.29, 0.717) is 33.4 Å². The van der Waals surface area contributed by atoms with Gasteiger partial charge in [0.2, 0.25) is 22.5 Å². The summed E-state index contributed by atoms with van der Waals surface area (Å²) in [4.78, 5) is 88.1. The van der Waals surface area contributed by atoms with Crippen molar-refractivity contribution in [3.63, 3.8) is 0 Å². The van der Waals surface area contributed by atoms with E-state index < -0.39 is 94.6 Å². The number of esters is 6. The number of carbonyl (C=O) groups excluding carboxylic acids is 6. The molecule has 1 heterocycles.